The van der Waals surface area contributed by atoms with E-state index in [0.717, 1.165) is 29.9 Å². The third-order valence-corrected chi connectivity index (χ3v) is 5.94. The number of anilines is 1. The molecule has 114 valence electrons. The first-order chi connectivity index (χ1) is 10.7. The molecular formula is C16H16N2OS3. The van der Waals surface area contributed by atoms with Crippen molar-refractivity contribution in [3.8, 4) is 0 Å². The van der Waals surface area contributed by atoms with Crippen LogP contribution in [0.1, 0.15) is 13.8 Å². The molecular weight excluding hydrogens is 332 g/mol. The molecule has 1 aromatic carbocycles. The predicted molar refractivity (Wildman–Crippen MR) is 99.1 cm³/mol. The van der Waals surface area contributed by atoms with Gasteiger partial charge in [0.25, 0.3) is 0 Å². The number of allylic oxidation sites excluding steroid dienone is 2. The highest BCUT2D eigenvalue weighted by molar-refractivity contribution is 8.33. The molecule has 0 atom stereocenters. The summed E-state index contributed by atoms with van der Waals surface area (Å²) in [5.41, 5.74) is 1.91. The average molecular weight is 349 g/mol. The number of likely N-dealkylation sites (N-methyl/N-ethyl adjacent to an activating group) is 1. The number of carbonyl (C=O) groups excluding carboxylic acids is 1. The lowest BCUT2D eigenvalue weighted by Gasteiger charge is -2.18. The molecule has 0 spiro atoms. The number of hydrogen-bond donors (Lipinski definition) is 0. The van der Waals surface area contributed by atoms with E-state index in [4.69, 9.17) is 12.2 Å². The Labute approximate surface area is 144 Å². The summed E-state index contributed by atoms with van der Waals surface area (Å²) in [5.74, 6) is 0. The van der Waals surface area contributed by atoms with E-state index in [1.807, 2.05) is 24.0 Å². The molecule has 1 aromatic rings. The quantitative estimate of drug-likeness (QED) is 0.599. The molecule has 2 aliphatic rings. The van der Waals surface area contributed by atoms with Crippen molar-refractivity contribution in [3.63, 3.8) is 0 Å². The van der Waals surface area contributed by atoms with Gasteiger partial charge in [-0.2, -0.15) is 0 Å². The van der Waals surface area contributed by atoms with Crippen LogP contribution in [0.25, 0.3) is 0 Å². The van der Waals surface area contributed by atoms with E-state index in [1.165, 1.54) is 10.6 Å². The van der Waals surface area contributed by atoms with Gasteiger partial charge in [0.2, 0.25) is 5.12 Å². The third-order valence-electron chi connectivity index (χ3n) is 3.55. The van der Waals surface area contributed by atoms with Crippen LogP contribution in [0, 0.1) is 0 Å². The van der Waals surface area contributed by atoms with Gasteiger partial charge in [-0.3, -0.25) is 4.79 Å². The van der Waals surface area contributed by atoms with Crippen molar-refractivity contribution in [2.24, 2.45) is 0 Å². The van der Waals surface area contributed by atoms with E-state index in [1.54, 1.807) is 11.8 Å². The summed E-state index contributed by atoms with van der Waals surface area (Å²) < 4.78 is 0.645. The van der Waals surface area contributed by atoms with Crippen molar-refractivity contribution in [1.82, 2.24) is 4.90 Å². The fourth-order valence-electron chi connectivity index (χ4n) is 2.51. The molecule has 0 saturated carbocycles. The van der Waals surface area contributed by atoms with Crippen molar-refractivity contribution in [3.05, 3.63) is 47.1 Å². The number of fused-ring (bicyclic) bond motifs is 1. The highest BCUT2D eigenvalue weighted by atomic mass is 32.2. The van der Waals surface area contributed by atoms with Crippen LogP contribution in [0.3, 0.4) is 0 Å². The molecule has 22 heavy (non-hydrogen) atoms. The summed E-state index contributed by atoms with van der Waals surface area (Å²) >= 11 is 8.11. The molecule has 2 heterocycles. The minimum absolute atomic E-state index is 0.0345. The van der Waals surface area contributed by atoms with E-state index in [2.05, 4.69) is 36.1 Å². The number of thioether (sulfide) groups is 2. The topological polar surface area (TPSA) is 23.6 Å². The molecule has 0 unspecified atom stereocenters. The number of carbonyl (C=O) groups is 1. The van der Waals surface area contributed by atoms with Gasteiger partial charge in [-0.25, -0.2) is 0 Å². The standard InChI is InChI=1S/C16H16N2OS3/c1-3-17-11-7-5-6-8-13(11)21-14(17)10-9-12-15(19)22-16(20)18(12)4-2/h5-10H,3-4H2,1-2H3. The lowest BCUT2D eigenvalue weighted by Crippen LogP contribution is -2.21. The summed E-state index contributed by atoms with van der Waals surface area (Å²) in [6, 6.07) is 8.36. The number of para-hydroxylation sites is 1. The molecule has 0 amide bonds. The zero-order chi connectivity index (χ0) is 15.7. The van der Waals surface area contributed by atoms with Crippen LogP contribution in [0.5, 0.6) is 0 Å². The smallest absolute Gasteiger partial charge is 0.242 e. The van der Waals surface area contributed by atoms with Gasteiger partial charge in [-0.15, -0.1) is 0 Å². The van der Waals surface area contributed by atoms with Crippen molar-refractivity contribution >= 4 is 50.9 Å². The van der Waals surface area contributed by atoms with Crippen LogP contribution >= 0.6 is 35.7 Å². The van der Waals surface area contributed by atoms with Crippen molar-refractivity contribution in [1.29, 1.82) is 0 Å². The zero-order valence-corrected chi connectivity index (χ0v) is 14.9. The first-order valence-electron chi connectivity index (χ1n) is 7.15. The molecule has 3 nitrogen and oxygen atoms in total. The van der Waals surface area contributed by atoms with E-state index >= 15 is 0 Å². The molecule has 0 aromatic heterocycles. The summed E-state index contributed by atoms with van der Waals surface area (Å²) in [6.07, 6.45) is 3.92. The lowest BCUT2D eigenvalue weighted by molar-refractivity contribution is -0.108. The first kappa shape index (κ1) is 15.6. The largest absolute Gasteiger partial charge is 0.335 e. The average Bonchev–Trinajstić information content (AvgIpc) is 3.00. The maximum Gasteiger partial charge on any atom is 0.242 e. The maximum absolute atomic E-state index is 12.0. The molecule has 2 aliphatic heterocycles. The highest BCUT2D eigenvalue weighted by Crippen LogP contribution is 2.45. The van der Waals surface area contributed by atoms with Gasteiger partial charge in [-0.05, 0) is 49.9 Å². The Morgan fingerprint density at radius 3 is 2.55 bits per heavy atom. The Morgan fingerprint density at radius 1 is 1.09 bits per heavy atom. The third kappa shape index (κ3) is 2.71. The van der Waals surface area contributed by atoms with E-state index in [0.29, 0.717) is 10.0 Å². The van der Waals surface area contributed by atoms with Crippen molar-refractivity contribution in [2.45, 2.75) is 18.7 Å². The Bertz CT molecular complexity index is 696. The summed E-state index contributed by atoms with van der Waals surface area (Å²) in [7, 11) is 0. The lowest BCUT2D eigenvalue weighted by atomic mass is 10.3. The zero-order valence-electron chi connectivity index (χ0n) is 12.4. The molecule has 1 saturated heterocycles. The summed E-state index contributed by atoms with van der Waals surface area (Å²) in [6.45, 7) is 5.76. The predicted octanol–water partition coefficient (Wildman–Crippen LogP) is 4.22. The first-order valence-corrected chi connectivity index (χ1v) is 9.20. The number of hydrogen-bond acceptors (Lipinski definition) is 5. The molecule has 0 bridgehead atoms. The second-order valence-electron chi connectivity index (χ2n) is 4.77. The normalized spacial score (nSPS) is 21.4. The molecule has 0 radical (unpaired) electrons. The number of nitrogens with zero attached hydrogens (tertiary/aromatic N) is 2. The van der Waals surface area contributed by atoms with Crippen LogP contribution in [-0.4, -0.2) is 27.4 Å². The van der Waals surface area contributed by atoms with Crippen LogP contribution in [0.2, 0.25) is 0 Å². The van der Waals surface area contributed by atoms with Gasteiger partial charge in [0.1, 0.15) is 4.32 Å². The van der Waals surface area contributed by atoms with E-state index in [9.17, 15) is 4.79 Å². The summed E-state index contributed by atoms with van der Waals surface area (Å²) in [5, 5.41) is 1.18. The Kier molecular flexibility index (Phi) is 4.61. The van der Waals surface area contributed by atoms with Crippen molar-refractivity contribution < 1.29 is 4.79 Å². The van der Waals surface area contributed by atoms with Gasteiger partial charge in [-0.1, -0.05) is 36.1 Å². The maximum atomic E-state index is 12.0. The van der Waals surface area contributed by atoms with Gasteiger partial charge < -0.3 is 9.80 Å². The van der Waals surface area contributed by atoms with Gasteiger partial charge in [0.05, 0.1) is 16.4 Å². The number of thiocarbonyl (C=S) groups is 1. The molecule has 0 N–H and O–H groups in total. The minimum Gasteiger partial charge on any atom is -0.335 e. The Balaban J connectivity index is 1.92. The second kappa shape index (κ2) is 6.48. The monoisotopic (exact) mass is 348 g/mol. The Morgan fingerprint density at radius 2 is 1.82 bits per heavy atom. The molecule has 1 fully saturated rings. The van der Waals surface area contributed by atoms with Crippen LogP contribution < -0.4 is 4.90 Å². The summed E-state index contributed by atoms with van der Waals surface area (Å²) in [4.78, 5) is 17.5. The minimum atomic E-state index is 0.0345. The number of rotatable bonds is 3. The van der Waals surface area contributed by atoms with E-state index in [-0.39, 0.29) is 5.12 Å². The van der Waals surface area contributed by atoms with Gasteiger partial charge >= 0.3 is 0 Å². The fraction of sp³-hybridized carbons (Fsp3) is 0.250. The Hall–Kier alpha value is -1.24. The molecule has 0 aliphatic carbocycles. The molecule has 6 heteroatoms. The van der Waals surface area contributed by atoms with Gasteiger partial charge in [0.15, 0.2) is 0 Å². The van der Waals surface area contributed by atoms with Crippen LogP contribution in [0.4, 0.5) is 5.69 Å². The second-order valence-corrected chi connectivity index (χ2v) is 7.44. The number of benzene rings is 1. The fourth-order valence-corrected chi connectivity index (χ4v) is 4.87. The SMILES string of the molecule is CCN1C(=S)SC(=O)C1=CC=C1Sc2ccccc2N1CC. The van der Waals surface area contributed by atoms with Gasteiger partial charge in [0, 0.05) is 18.0 Å². The van der Waals surface area contributed by atoms with Crippen LogP contribution in [-0.2, 0) is 4.79 Å². The molecule has 3 rings (SSSR count). The van der Waals surface area contributed by atoms with E-state index < -0.39 is 0 Å². The highest BCUT2D eigenvalue weighted by Gasteiger charge is 2.30. The van der Waals surface area contributed by atoms with Crippen LogP contribution in [0.15, 0.2) is 52.0 Å². The van der Waals surface area contributed by atoms with Crippen molar-refractivity contribution in [2.75, 3.05) is 18.0 Å².